The SMILES string of the molecule is C=CC1(C)CC[C@@H](C(=C)C)C[C@H]1C(=C)C. The van der Waals surface area contributed by atoms with Crippen LogP contribution >= 0.6 is 0 Å². The van der Waals surface area contributed by atoms with Crippen LogP contribution in [0.2, 0.25) is 0 Å². The van der Waals surface area contributed by atoms with E-state index >= 15 is 0 Å². The molecule has 0 aromatic heterocycles. The molecule has 84 valence electrons. The summed E-state index contributed by atoms with van der Waals surface area (Å²) in [5.74, 6) is 1.25. The summed E-state index contributed by atoms with van der Waals surface area (Å²) < 4.78 is 0. The average molecular weight is 204 g/mol. The summed E-state index contributed by atoms with van der Waals surface area (Å²) in [6.07, 6.45) is 5.79. The van der Waals surface area contributed by atoms with Crippen LogP contribution in [-0.4, -0.2) is 0 Å². The Morgan fingerprint density at radius 1 is 1.27 bits per heavy atom. The van der Waals surface area contributed by atoms with Crippen molar-refractivity contribution in [2.24, 2.45) is 17.3 Å². The summed E-state index contributed by atoms with van der Waals surface area (Å²) in [6.45, 7) is 18.8. The van der Waals surface area contributed by atoms with Gasteiger partial charge in [0.1, 0.15) is 0 Å². The van der Waals surface area contributed by atoms with Gasteiger partial charge in [0.2, 0.25) is 0 Å². The van der Waals surface area contributed by atoms with Crippen molar-refractivity contribution in [2.45, 2.75) is 40.0 Å². The Bertz CT molecular complexity index is 284. The van der Waals surface area contributed by atoms with E-state index in [1.54, 1.807) is 0 Å². The predicted octanol–water partition coefficient (Wildman–Crippen LogP) is 4.75. The molecule has 0 amide bonds. The Morgan fingerprint density at radius 3 is 2.27 bits per heavy atom. The largest absolute Gasteiger partial charge is 0.103 e. The lowest BCUT2D eigenvalue weighted by molar-refractivity contribution is 0.170. The molecule has 0 saturated heterocycles. The van der Waals surface area contributed by atoms with Crippen molar-refractivity contribution >= 4 is 0 Å². The third kappa shape index (κ3) is 2.42. The second kappa shape index (κ2) is 4.38. The predicted molar refractivity (Wildman–Crippen MR) is 68.8 cm³/mol. The average Bonchev–Trinajstić information content (AvgIpc) is 2.17. The maximum absolute atomic E-state index is 4.14. The van der Waals surface area contributed by atoms with Gasteiger partial charge in [0.25, 0.3) is 0 Å². The topological polar surface area (TPSA) is 0 Å². The molecule has 0 aromatic carbocycles. The van der Waals surface area contributed by atoms with Gasteiger partial charge in [-0.2, -0.15) is 0 Å². The van der Waals surface area contributed by atoms with Gasteiger partial charge in [0.05, 0.1) is 0 Å². The molecule has 1 rings (SSSR count). The van der Waals surface area contributed by atoms with E-state index in [0.29, 0.717) is 11.8 Å². The van der Waals surface area contributed by atoms with E-state index in [9.17, 15) is 0 Å². The molecular formula is C15H24. The standard InChI is InChI=1S/C15H24/c1-7-15(6)9-8-13(11(2)3)10-14(15)12(4)5/h7,13-14H,1-2,4,8-10H2,3,5-6H3/t13-,14+,15?/m1/s1. The van der Waals surface area contributed by atoms with E-state index in [0.717, 1.165) is 0 Å². The molecule has 3 atom stereocenters. The van der Waals surface area contributed by atoms with Gasteiger partial charge < -0.3 is 0 Å². The quantitative estimate of drug-likeness (QED) is 0.582. The highest BCUT2D eigenvalue weighted by Crippen LogP contribution is 2.48. The van der Waals surface area contributed by atoms with E-state index in [4.69, 9.17) is 0 Å². The lowest BCUT2D eigenvalue weighted by Crippen LogP contribution is -2.33. The molecule has 0 bridgehead atoms. The van der Waals surface area contributed by atoms with Crippen LogP contribution in [0.4, 0.5) is 0 Å². The molecule has 0 aliphatic heterocycles. The highest BCUT2D eigenvalue weighted by atomic mass is 14.4. The fourth-order valence-corrected chi connectivity index (χ4v) is 2.79. The van der Waals surface area contributed by atoms with Gasteiger partial charge in [0, 0.05) is 0 Å². The van der Waals surface area contributed by atoms with Crippen molar-refractivity contribution in [3.63, 3.8) is 0 Å². The number of hydrogen-bond donors (Lipinski definition) is 0. The number of allylic oxidation sites excluding steroid dienone is 3. The fraction of sp³-hybridized carbons (Fsp3) is 0.600. The van der Waals surface area contributed by atoms with Crippen molar-refractivity contribution < 1.29 is 0 Å². The molecule has 1 saturated carbocycles. The summed E-state index contributed by atoms with van der Waals surface area (Å²) in [4.78, 5) is 0. The molecule has 0 radical (unpaired) electrons. The van der Waals surface area contributed by atoms with E-state index in [1.165, 1.54) is 30.4 Å². The molecule has 0 N–H and O–H groups in total. The Balaban J connectivity index is 2.88. The van der Waals surface area contributed by atoms with Gasteiger partial charge >= 0.3 is 0 Å². The molecule has 15 heavy (non-hydrogen) atoms. The van der Waals surface area contributed by atoms with E-state index in [2.05, 4.69) is 46.6 Å². The Kier molecular flexibility index (Phi) is 3.59. The minimum Gasteiger partial charge on any atom is -0.103 e. The minimum absolute atomic E-state index is 0.248. The van der Waals surface area contributed by atoms with Gasteiger partial charge in [-0.3, -0.25) is 0 Å². The summed E-state index contributed by atoms with van der Waals surface area (Å²) in [5, 5.41) is 0. The smallest absolute Gasteiger partial charge is 0.00836 e. The second-order valence-corrected chi connectivity index (χ2v) is 5.43. The van der Waals surface area contributed by atoms with Crippen molar-refractivity contribution in [1.29, 1.82) is 0 Å². The maximum Gasteiger partial charge on any atom is -0.00836 e. The van der Waals surface area contributed by atoms with Crippen LogP contribution in [0.3, 0.4) is 0 Å². The first-order valence-electron chi connectivity index (χ1n) is 5.85. The summed E-state index contributed by atoms with van der Waals surface area (Å²) in [5.41, 5.74) is 2.87. The van der Waals surface area contributed by atoms with Crippen LogP contribution in [0.1, 0.15) is 40.0 Å². The molecule has 0 nitrogen and oxygen atoms in total. The van der Waals surface area contributed by atoms with Crippen LogP contribution in [0.15, 0.2) is 37.0 Å². The molecule has 0 heteroatoms. The Labute approximate surface area is 94.8 Å². The zero-order valence-electron chi connectivity index (χ0n) is 10.5. The third-order valence-corrected chi connectivity index (χ3v) is 4.11. The highest BCUT2D eigenvalue weighted by molar-refractivity contribution is 5.15. The molecule has 0 spiro atoms. The molecule has 1 unspecified atom stereocenters. The van der Waals surface area contributed by atoms with Crippen molar-refractivity contribution in [2.75, 3.05) is 0 Å². The molecular weight excluding hydrogens is 180 g/mol. The summed E-state index contributed by atoms with van der Waals surface area (Å²) in [7, 11) is 0. The molecule has 1 aliphatic carbocycles. The number of hydrogen-bond acceptors (Lipinski definition) is 0. The number of rotatable bonds is 3. The monoisotopic (exact) mass is 204 g/mol. The van der Waals surface area contributed by atoms with Crippen LogP contribution in [0.25, 0.3) is 0 Å². The molecule has 0 aromatic rings. The zero-order valence-corrected chi connectivity index (χ0v) is 10.5. The normalized spacial score (nSPS) is 35.9. The first kappa shape index (κ1) is 12.3. The molecule has 1 aliphatic rings. The van der Waals surface area contributed by atoms with Crippen LogP contribution in [0.5, 0.6) is 0 Å². The van der Waals surface area contributed by atoms with Crippen molar-refractivity contribution in [1.82, 2.24) is 0 Å². The van der Waals surface area contributed by atoms with Gasteiger partial charge in [-0.25, -0.2) is 0 Å². The maximum atomic E-state index is 4.14. The zero-order chi connectivity index (χ0) is 11.6. The van der Waals surface area contributed by atoms with Crippen LogP contribution in [0, 0.1) is 17.3 Å². The van der Waals surface area contributed by atoms with Gasteiger partial charge in [-0.05, 0) is 50.4 Å². The molecule has 1 fully saturated rings. The Hall–Kier alpha value is -0.780. The second-order valence-electron chi connectivity index (χ2n) is 5.43. The van der Waals surface area contributed by atoms with Crippen molar-refractivity contribution in [3.05, 3.63) is 37.0 Å². The van der Waals surface area contributed by atoms with E-state index < -0.39 is 0 Å². The van der Waals surface area contributed by atoms with Gasteiger partial charge in [-0.1, -0.05) is 37.3 Å². The first-order valence-corrected chi connectivity index (χ1v) is 5.85. The van der Waals surface area contributed by atoms with Gasteiger partial charge in [-0.15, -0.1) is 6.58 Å². The molecule has 0 heterocycles. The minimum atomic E-state index is 0.248. The van der Waals surface area contributed by atoms with Crippen molar-refractivity contribution in [3.8, 4) is 0 Å². The lowest BCUT2D eigenvalue weighted by Gasteiger charge is -2.43. The lowest BCUT2D eigenvalue weighted by atomic mass is 9.61. The highest BCUT2D eigenvalue weighted by Gasteiger charge is 2.38. The van der Waals surface area contributed by atoms with E-state index in [1.807, 2.05) is 0 Å². The third-order valence-electron chi connectivity index (χ3n) is 4.11. The van der Waals surface area contributed by atoms with Crippen LogP contribution < -0.4 is 0 Å². The first-order chi connectivity index (χ1) is 6.90. The van der Waals surface area contributed by atoms with Gasteiger partial charge in [0.15, 0.2) is 0 Å². The van der Waals surface area contributed by atoms with Crippen LogP contribution in [-0.2, 0) is 0 Å². The Morgan fingerprint density at radius 2 is 1.87 bits per heavy atom. The summed E-state index contributed by atoms with van der Waals surface area (Å²) in [6, 6.07) is 0. The van der Waals surface area contributed by atoms with E-state index in [-0.39, 0.29) is 5.41 Å². The fourth-order valence-electron chi connectivity index (χ4n) is 2.79. The summed E-state index contributed by atoms with van der Waals surface area (Å²) >= 11 is 0.